The number of rotatable bonds is 7. The average molecular weight is 1060 g/mol. The molecule has 0 saturated heterocycles. The van der Waals surface area contributed by atoms with Gasteiger partial charge in [0.2, 0.25) is 0 Å². The Hall–Kier alpha value is -5.65. The molecule has 0 fully saturated rings. The molecule has 0 aliphatic carbocycles. The van der Waals surface area contributed by atoms with Crippen molar-refractivity contribution in [2.75, 3.05) is 0 Å². The maximum atomic E-state index is 8.80. The van der Waals surface area contributed by atoms with Crippen LogP contribution in [0.4, 0.5) is 5.69 Å². The van der Waals surface area contributed by atoms with E-state index in [1.807, 2.05) is 51.2 Å². The summed E-state index contributed by atoms with van der Waals surface area (Å²) >= 11 is -2.36. The van der Waals surface area contributed by atoms with Crippen LogP contribution in [0.3, 0.4) is 0 Å². The predicted octanol–water partition coefficient (Wildman–Crippen LogP) is 15.0. The number of hydrogen-bond donors (Lipinski definition) is 0. The molecule has 9 aromatic rings. The molecule has 1 aliphatic heterocycles. The van der Waals surface area contributed by atoms with Crippen LogP contribution in [0.15, 0.2) is 179 Å². The Morgan fingerprint density at radius 2 is 1.40 bits per heavy atom. The van der Waals surface area contributed by atoms with Gasteiger partial charge in [0.25, 0.3) is 0 Å². The Balaban J connectivity index is 0.000000197. The maximum Gasteiger partial charge on any atom is 0.120 e. The number of fused-ring (bicyclic) bond motifs is 4. The Bertz CT molecular complexity index is 3220. The van der Waals surface area contributed by atoms with E-state index in [0.29, 0.717) is 16.8 Å². The zero-order chi connectivity index (χ0) is 47.3. The SMILES string of the molecule is [2H]C([2H])([2H])c1c[c-]c(-c2cc(C([2H])([2H])C(C)(C)C)[c]([Ge]([CH3])([CH3])[CH3])cn2)cc1.[Ir].[c-]1ccc2c(oc3ccccc32)c1C1=Nc2ccccc2C1c1c(-c2ccccc2)cccc1-c1ccccc1. The molecule has 10 rings (SSSR count). The predicted molar refractivity (Wildman–Crippen MR) is 264 cm³/mol. The first-order valence-corrected chi connectivity index (χ1v) is 28.5. The molecule has 63 heavy (non-hydrogen) atoms. The number of furan rings is 1. The molecule has 0 amide bonds. The number of aromatic nitrogens is 1. The van der Waals surface area contributed by atoms with E-state index in [9.17, 15) is 0 Å². The van der Waals surface area contributed by atoms with Gasteiger partial charge >= 0.3 is 145 Å². The summed E-state index contributed by atoms with van der Waals surface area (Å²) in [5, 5.41) is 2.19. The fourth-order valence-corrected chi connectivity index (χ4v) is 11.4. The van der Waals surface area contributed by atoms with E-state index in [0.717, 1.165) is 43.3 Å². The third-order valence-electron chi connectivity index (χ3n) is 11.2. The van der Waals surface area contributed by atoms with Crippen molar-refractivity contribution in [3.8, 4) is 33.5 Å². The molecule has 0 bridgehead atoms. The topological polar surface area (TPSA) is 38.4 Å². The maximum absolute atomic E-state index is 8.80. The van der Waals surface area contributed by atoms with Crippen LogP contribution in [0.2, 0.25) is 17.3 Å². The molecular weight excluding hydrogens is 1010 g/mol. The van der Waals surface area contributed by atoms with Gasteiger partial charge in [-0.3, -0.25) is 4.99 Å². The fourth-order valence-electron chi connectivity index (χ4n) is 8.46. The summed E-state index contributed by atoms with van der Waals surface area (Å²) < 4.78 is 47.6. The van der Waals surface area contributed by atoms with Crippen molar-refractivity contribution < 1.29 is 31.4 Å². The number of aryl methyl sites for hydroxylation is 1. The molecule has 2 aromatic heterocycles. The van der Waals surface area contributed by atoms with Gasteiger partial charge in [-0.05, 0) is 51.2 Å². The summed E-state index contributed by atoms with van der Waals surface area (Å²) in [4.78, 5) is 9.87. The van der Waals surface area contributed by atoms with Crippen LogP contribution < -0.4 is 4.40 Å². The van der Waals surface area contributed by atoms with Gasteiger partial charge in [0.15, 0.2) is 0 Å². The van der Waals surface area contributed by atoms with E-state index in [1.54, 1.807) is 12.1 Å². The van der Waals surface area contributed by atoms with Gasteiger partial charge in [0.05, 0.1) is 11.3 Å². The van der Waals surface area contributed by atoms with E-state index >= 15 is 0 Å². The molecule has 1 radical (unpaired) electrons. The smallest absolute Gasteiger partial charge is 0.120 e. The van der Waals surface area contributed by atoms with Crippen LogP contribution in [-0.2, 0) is 26.5 Å². The second-order valence-electron chi connectivity index (χ2n) is 17.9. The second kappa shape index (κ2) is 18.2. The average Bonchev–Trinajstić information content (AvgIpc) is 3.90. The molecule has 5 heteroatoms. The third kappa shape index (κ3) is 9.22. The van der Waals surface area contributed by atoms with Crippen molar-refractivity contribution in [1.82, 2.24) is 4.98 Å². The Labute approximate surface area is 396 Å². The van der Waals surface area contributed by atoms with Crippen molar-refractivity contribution in [2.24, 2.45) is 10.4 Å². The van der Waals surface area contributed by atoms with Crippen molar-refractivity contribution in [1.29, 1.82) is 0 Å². The number of pyridine rings is 1. The van der Waals surface area contributed by atoms with Crippen LogP contribution in [0.25, 0.3) is 55.4 Å². The number of aliphatic imine (C=N–C) groups is 1. The molecule has 3 heterocycles. The number of benzene rings is 7. The first-order valence-electron chi connectivity index (χ1n) is 23.7. The normalized spacial score (nSPS) is 15.1. The van der Waals surface area contributed by atoms with Crippen molar-refractivity contribution in [3.63, 3.8) is 0 Å². The van der Waals surface area contributed by atoms with Crippen LogP contribution in [-0.4, -0.2) is 24.0 Å². The summed E-state index contributed by atoms with van der Waals surface area (Å²) in [6.45, 7) is 3.55. The van der Waals surface area contributed by atoms with Gasteiger partial charge in [-0.15, -0.1) is 18.2 Å². The second-order valence-corrected chi connectivity index (χ2v) is 28.5. The Morgan fingerprint density at radius 1 is 0.730 bits per heavy atom. The summed E-state index contributed by atoms with van der Waals surface area (Å²) in [6, 6.07) is 61.9. The van der Waals surface area contributed by atoms with Gasteiger partial charge in [0, 0.05) is 31.4 Å². The molecule has 7 aromatic carbocycles. The molecular formula is C58H52GeIrN2O-2. The van der Waals surface area contributed by atoms with E-state index in [-0.39, 0.29) is 31.6 Å². The summed E-state index contributed by atoms with van der Waals surface area (Å²) in [7, 11) is 0. The van der Waals surface area contributed by atoms with Crippen molar-refractivity contribution in [3.05, 3.63) is 210 Å². The first-order chi connectivity index (χ1) is 31.9. The number of nitrogens with zero attached hydrogens (tertiary/aromatic N) is 2. The first kappa shape index (κ1) is 37.9. The van der Waals surface area contributed by atoms with Gasteiger partial charge in [-0.2, -0.15) is 0 Å². The minimum absolute atomic E-state index is 0. The number of hydrogen-bond acceptors (Lipinski definition) is 3. The van der Waals surface area contributed by atoms with E-state index < -0.39 is 31.9 Å². The molecule has 3 nitrogen and oxygen atoms in total. The van der Waals surface area contributed by atoms with Crippen LogP contribution >= 0.6 is 0 Å². The van der Waals surface area contributed by atoms with Gasteiger partial charge in [0.1, 0.15) is 5.58 Å². The molecule has 1 unspecified atom stereocenters. The quantitative estimate of drug-likeness (QED) is 0.118. The molecule has 0 spiro atoms. The molecule has 315 valence electrons. The van der Waals surface area contributed by atoms with Crippen molar-refractivity contribution in [2.45, 2.75) is 57.2 Å². The molecule has 1 aliphatic rings. The molecule has 1 atom stereocenters. The van der Waals surface area contributed by atoms with Gasteiger partial charge in [-0.25, -0.2) is 0 Å². The fraction of sp³-hybridized carbons (Fsp3) is 0.172. The van der Waals surface area contributed by atoms with Crippen LogP contribution in [0, 0.1) is 24.4 Å². The Kier molecular flexibility index (Phi) is 10.9. The van der Waals surface area contributed by atoms with Crippen LogP contribution in [0.1, 0.15) is 61.4 Å². The molecule has 0 saturated carbocycles. The van der Waals surface area contributed by atoms with E-state index in [4.69, 9.17) is 16.3 Å². The zero-order valence-corrected chi connectivity index (χ0v) is 40.9. The molecule has 0 N–H and O–H groups in total. The standard InChI is InChI=1S/C38H24NO.C20H28GeN.Ir/c1-3-13-25(14-4-1)27-19-11-20-28(26-15-5-2-6-16-26)35(27)36-31-18-7-9-23-33(31)39-37(36)32-22-12-21-30-29-17-8-10-24-34(29)40-38(30)32;1-15-8-10-16(11-9-15)19-12-17(13-20(2,3)4)18(14-22-19)21(5,6)7;/h1-21,23-24,36H;8-10,12,14H,13H2,1-7H3;/q2*-1;/i;1D3,13D2;. The van der Waals surface area contributed by atoms with Gasteiger partial charge in [-0.1, -0.05) is 126 Å². The summed E-state index contributed by atoms with van der Waals surface area (Å²) in [5.74, 6) is 6.60. The van der Waals surface area contributed by atoms with Gasteiger partial charge < -0.3 is 4.42 Å². The minimum Gasteiger partial charge on any atom is -0.501 e. The van der Waals surface area contributed by atoms with Crippen molar-refractivity contribution >= 4 is 51.0 Å². The summed E-state index contributed by atoms with van der Waals surface area (Å²) in [6.07, 6.45) is 0.303. The summed E-state index contributed by atoms with van der Waals surface area (Å²) in [5.41, 5.74) is 13.4. The third-order valence-corrected chi connectivity index (χ3v) is 15.5. The van der Waals surface area contributed by atoms with E-state index in [2.05, 4.69) is 156 Å². The number of para-hydroxylation sites is 2. The largest absolute Gasteiger partial charge is 0.501 e. The Morgan fingerprint density at radius 3 is 2.05 bits per heavy atom. The monoisotopic (exact) mass is 1060 g/mol. The van der Waals surface area contributed by atoms with E-state index in [1.165, 1.54) is 39.4 Å². The zero-order valence-electron chi connectivity index (χ0n) is 41.4. The minimum atomic E-state index is -2.36. The van der Waals surface area contributed by atoms with Crippen LogP contribution in [0.5, 0.6) is 0 Å².